The van der Waals surface area contributed by atoms with Gasteiger partial charge in [0.15, 0.2) is 0 Å². The number of methoxy groups -OCH3 is 2. The fourth-order valence-corrected chi connectivity index (χ4v) is 1.76. The standard InChI is InChI=1S/C13H18O5/c1-17-7-10-5-9(3-4-12(14)15)6-11(8-18-2)13(10)16/h5-6,16H,3-4,7-8H2,1-2H3,(H,14,15). The predicted molar refractivity (Wildman–Crippen MR) is 65.5 cm³/mol. The van der Waals surface area contributed by atoms with E-state index in [4.69, 9.17) is 14.6 Å². The highest BCUT2D eigenvalue weighted by Crippen LogP contribution is 2.26. The van der Waals surface area contributed by atoms with Gasteiger partial charge in [0.25, 0.3) is 0 Å². The molecule has 5 heteroatoms. The fraction of sp³-hybridized carbons (Fsp3) is 0.462. The van der Waals surface area contributed by atoms with Crippen molar-refractivity contribution < 1.29 is 24.5 Å². The molecular formula is C13H18O5. The topological polar surface area (TPSA) is 76.0 Å². The van der Waals surface area contributed by atoms with Gasteiger partial charge in [-0.3, -0.25) is 4.79 Å². The van der Waals surface area contributed by atoms with Crippen molar-refractivity contribution in [3.05, 3.63) is 28.8 Å². The molecule has 0 radical (unpaired) electrons. The highest BCUT2D eigenvalue weighted by atomic mass is 16.5. The minimum absolute atomic E-state index is 0.0591. The second kappa shape index (κ2) is 6.98. The van der Waals surface area contributed by atoms with Gasteiger partial charge in [-0.1, -0.05) is 0 Å². The lowest BCUT2D eigenvalue weighted by molar-refractivity contribution is -0.136. The summed E-state index contributed by atoms with van der Waals surface area (Å²) in [5, 5.41) is 18.7. The molecule has 0 atom stereocenters. The Morgan fingerprint density at radius 2 is 1.67 bits per heavy atom. The molecule has 0 saturated carbocycles. The van der Waals surface area contributed by atoms with Gasteiger partial charge in [0, 0.05) is 31.8 Å². The number of hydrogen-bond acceptors (Lipinski definition) is 4. The van der Waals surface area contributed by atoms with E-state index >= 15 is 0 Å². The maximum Gasteiger partial charge on any atom is 0.303 e. The Morgan fingerprint density at radius 1 is 1.17 bits per heavy atom. The zero-order chi connectivity index (χ0) is 13.5. The number of phenolic OH excluding ortho intramolecular Hbond substituents is 1. The summed E-state index contributed by atoms with van der Waals surface area (Å²) in [4.78, 5) is 10.6. The number of phenols is 1. The molecule has 0 saturated heterocycles. The van der Waals surface area contributed by atoms with Crippen LogP contribution in [0.4, 0.5) is 0 Å². The number of carbonyl (C=O) groups is 1. The second-order valence-corrected chi connectivity index (χ2v) is 4.02. The lowest BCUT2D eigenvalue weighted by Crippen LogP contribution is -2.01. The van der Waals surface area contributed by atoms with Crippen molar-refractivity contribution >= 4 is 5.97 Å². The third kappa shape index (κ3) is 4.01. The molecule has 1 aromatic carbocycles. The summed E-state index contributed by atoms with van der Waals surface area (Å²) in [6.07, 6.45) is 0.479. The summed E-state index contributed by atoms with van der Waals surface area (Å²) in [5.74, 6) is -0.692. The van der Waals surface area contributed by atoms with Crippen LogP contribution in [-0.2, 0) is 33.9 Å². The van der Waals surface area contributed by atoms with Gasteiger partial charge < -0.3 is 19.7 Å². The van der Waals surface area contributed by atoms with Crippen molar-refractivity contribution in [2.45, 2.75) is 26.1 Å². The first kappa shape index (κ1) is 14.5. The van der Waals surface area contributed by atoms with Gasteiger partial charge in [-0.15, -0.1) is 0 Å². The monoisotopic (exact) mass is 254 g/mol. The summed E-state index contributed by atoms with van der Waals surface area (Å²) in [6, 6.07) is 3.53. The smallest absolute Gasteiger partial charge is 0.303 e. The molecule has 0 aliphatic rings. The molecule has 5 nitrogen and oxygen atoms in total. The number of aryl methyl sites for hydroxylation is 1. The van der Waals surface area contributed by atoms with Gasteiger partial charge >= 0.3 is 5.97 Å². The van der Waals surface area contributed by atoms with Gasteiger partial charge in [0.2, 0.25) is 0 Å². The lowest BCUT2D eigenvalue weighted by Gasteiger charge is -2.12. The molecule has 1 rings (SSSR count). The van der Waals surface area contributed by atoms with Crippen molar-refractivity contribution in [1.29, 1.82) is 0 Å². The molecule has 0 bridgehead atoms. The molecule has 0 aliphatic heterocycles. The molecule has 100 valence electrons. The van der Waals surface area contributed by atoms with Crippen LogP contribution < -0.4 is 0 Å². The number of hydrogen-bond donors (Lipinski definition) is 2. The molecular weight excluding hydrogens is 236 g/mol. The molecule has 18 heavy (non-hydrogen) atoms. The summed E-state index contributed by atoms with van der Waals surface area (Å²) in [6.45, 7) is 0.562. The minimum atomic E-state index is -0.843. The van der Waals surface area contributed by atoms with Crippen molar-refractivity contribution in [3.63, 3.8) is 0 Å². The van der Waals surface area contributed by atoms with Crippen molar-refractivity contribution in [3.8, 4) is 5.75 Å². The van der Waals surface area contributed by atoms with Crippen molar-refractivity contribution in [2.75, 3.05) is 14.2 Å². The number of aromatic hydroxyl groups is 1. The number of rotatable bonds is 7. The quantitative estimate of drug-likeness (QED) is 0.774. The Kier molecular flexibility index (Phi) is 5.61. The van der Waals surface area contributed by atoms with E-state index in [1.165, 1.54) is 0 Å². The van der Waals surface area contributed by atoms with E-state index in [2.05, 4.69) is 0 Å². The lowest BCUT2D eigenvalue weighted by atomic mass is 10.0. The van der Waals surface area contributed by atoms with Gasteiger partial charge in [0.1, 0.15) is 5.75 Å². The van der Waals surface area contributed by atoms with E-state index in [-0.39, 0.29) is 25.4 Å². The van der Waals surface area contributed by atoms with E-state index < -0.39 is 5.97 Å². The van der Waals surface area contributed by atoms with E-state index in [9.17, 15) is 9.90 Å². The largest absolute Gasteiger partial charge is 0.507 e. The summed E-state index contributed by atoms with van der Waals surface area (Å²) in [5.41, 5.74) is 2.15. The normalized spacial score (nSPS) is 10.6. The van der Waals surface area contributed by atoms with Crippen LogP contribution in [0.1, 0.15) is 23.1 Å². The van der Waals surface area contributed by atoms with Gasteiger partial charge in [-0.25, -0.2) is 0 Å². The van der Waals surface area contributed by atoms with Crippen LogP contribution >= 0.6 is 0 Å². The maximum atomic E-state index is 10.6. The van der Waals surface area contributed by atoms with Gasteiger partial charge in [0.05, 0.1) is 13.2 Å². The van der Waals surface area contributed by atoms with E-state index in [1.807, 2.05) is 0 Å². The van der Waals surface area contributed by atoms with E-state index in [1.54, 1.807) is 26.4 Å². The van der Waals surface area contributed by atoms with E-state index in [0.717, 1.165) is 5.56 Å². The fourth-order valence-electron chi connectivity index (χ4n) is 1.76. The first-order chi connectivity index (χ1) is 8.58. The van der Waals surface area contributed by atoms with Crippen LogP contribution in [0.5, 0.6) is 5.75 Å². The highest BCUT2D eigenvalue weighted by molar-refractivity contribution is 5.67. The van der Waals surface area contributed by atoms with Crippen LogP contribution in [0.2, 0.25) is 0 Å². The molecule has 0 unspecified atom stereocenters. The minimum Gasteiger partial charge on any atom is -0.507 e. The van der Waals surface area contributed by atoms with Crippen LogP contribution in [-0.4, -0.2) is 30.4 Å². The zero-order valence-corrected chi connectivity index (χ0v) is 10.6. The van der Waals surface area contributed by atoms with E-state index in [0.29, 0.717) is 17.5 Å². The molecule has 0 fully saturated rings. The molecule has 0 amide bonds. The number of ether oxygens (including phenoxy) is 2. The SMILES string of the molecule is COCc1cc(CCC(=O)O)cc(COC)c1O. The van der Waals surface area contributed by atoms with Gasteiger partial charge in [-0.05, 0) is 24.1 Å². The second-order valence-electron chi connectivity index (χ2n) is 4.02. The Balaban J connectivity index is 2.99. The highest BCUT2D eigenvalue weighted by Gasteiger charge is 2.11. The Morgan fingerprint density at radius 3 is 2.06 bits per heavy atom. The number of carboxylic acids is 1. The average Bonchev–Trinajstić information content (AvgIpc) is 2.32. The Bertz CT molecular complexity index is 387. The molecule has 0 heterocycles. The van der Waals surface area contributed by atoms with Crippen LogP contribution in [0.3, 0.4) is 0 Å². The predicted octanol–water partition coefficient (Wildman–Crippen LogP) is 1.70. The first-order valence-electron chi connectivity index (χ1n) is 5.61. The van der Waals surface area contributed by atoms with Crippen LogP contribution in [0, 0.1) is 0 Å². The van der Waals surface area contributed by atoms with Gasteiger partial charge in [-0.2, -0.15) is 0 Å². The molecule has 0 spiro atoms. The Labute approximate surface area is 106 Å². The number of carboxylic acid groups (broad SMARTS) is 1. The zero-order valence-electron chi connectivity index (χ0n) is 10.6. The average molecular weight is 254 g/mol. The molecule has 1 aromatic rings. The Hall–Kier alpha value is -1.59. The first-order valence-corrected chi connectivity index (χ1v) is 5.61. The third-order valence-corrected chi connectivity index (χ3v) is 2.55. The molecule has 0 aromatic heterocycles. The number of benzene rings is 1. The van der Waals surface area contributed by atoms with Crippen LogP contribution in [0.25, 0.3) is 0 Å². The maximum absolute atomic E-state index is 10.6. The molecule has 0 aliphatic carbocycles. The number of aliphatic carboxylic acids is 1. The summed E-state index contributed by atoms with van der Waals surface area (Å²) in [7, 11) is 3.08. The van der Waals surface area contributed by atoms with Crippen molar-refractivity contribution in [2.24, 2.45) is 0 Å². The third-order valence-electron chi connectivity index (χ3n) is 2.55. The van der Waals surface area contributed by atoms with Crippen LogP contribution in [0.15, 0.2) is 12.1 Å². The summed E-state index contributed by atoms with van der Waals surface area (Å²) < 4.78 is 10.0. The summed E-state index contributed by atoms with van der Waals surface area (Å²) >= 11 is 0. The molecule has 2 N–H and O–H groups in total. The van der Waals surface area contributed by atoms with Crippen molar-refractivity contribution in [1.82, 2.24) is 0 Å².